The second kappa shape index (κ2) is 6.25. The van der Waals surface area contributed by atoms with Crippen LogP contribution in [0.1, 0.15) is 39.2 Å². The molecule has 2 rings (SSSR count). The molecule has 1 aromatic rings. The lowest BCUT2D eigenvalue weighted by Crippen LogP contribution is -2.38. The van der Waals surface area contributed by atoms with Gasteiger partial charge in [-0.1, -0.05) is 69.9 Å². The molecule has 1 aromatic carbocycles. The molecule has 0 amide bonds. The Morgan fingerprint density at radius 2 is 1.52 bits per heavy atom. The van der Waals surface area contributed by atoms with Gasteiger partial charge in [-0.25, -0.2) is 0 Å². The molecule has 0 aromatic heterocycles. The van der Waals surface area contributed by atoms with E-state index < -0.39 is 8.07 Å². The van der Waals surface area contributed by atoms with Crippen molar-refractivity contribution in [3.05, 3.63) is 29.8 Å². The third-order valence-corrected chi connectivity index (χ3v) is 7.10. The first-order valence-electron chi connectivity index (χ1n) is 8.48. The zero-order valence-electron chi connectivity index (χ0n) is 14.9. The smallest absolute Gasteiger partial charge is 0.0775 e. The van der Waals surface area contributed by atoms with Crippen LogP contribution in [0.4, 0.5) is 0 Å². The predicted octanol–water partition coefficient (Wildman–Crippen LogP) is 4.49. The first-order valence-corrected chi connectivity index (χ1v) is 12.0. The third kappa shape index (κ3) is 4.69. The number of hydrogen-bond acceptors (Lipinski definition) is 1. The molecule has 0 saturated carbocycles. The van der Waals surface area contributed by atoms with E-state index >= 15 is 0 Å². The van der Waals surface area contributed by atoms with Gasteiger partial charge in [0.15, 0.2) is 0 Å². The Morgan fingerprint density at radius 3 is 1.95 bits per heavy atom. The monoisotopic (exact) mass is 303 g/mol. The molecule has 1 saturated heterocycles. The second-order valence-corrected chi connectivity index (χ2v) is 13.9. The van der Waals surface area contributed by atoms with E-state index in [1.807, 2.05) is 0 Å². The van der Waals surface area contributed by atoms with E-state index in [4.69, 9.17) is 0 Å². The summed E-state index contributed by atoms with van der Waals surface area (Å²) in [4.78, 5) is 2.63. The number of benzene rings is 1. The highest BCUT2D eigenvalue weighted by molar-refractivity contribution is 6.88. The van der Waals surface area contributed by atoms with Gasteiger partial charge in [0.05, 0.1) is 8.07 Å². The summed E-state index contributed by atoms with van der Waals surface area (Å²) in [6, 6.07) is 9.43. The number of likely N-dealkylation sites (tertiary alicyclic amines) is 1. The van der Waals surface area contributed by atoms with Crippen molar-refractivity contribution >= 4 is 13.3 Å². The maximum Gasteiger partial charge on any atom is 0.0775 e. The molecule has 0 N–H and O–H groups in total. The van der Waals surface area contributed by atoms with Crippen molar-refractivity contribution in [3.8, 4) is 0 Å². The van der Waals surface area contributed by atoms with E-state index in [-0.39, 0.29) is 0 Å². The standard InChI is InChI=1S/C19H33NSi/c1-19(2,3)17-11-13-20(14-12-17)15-16-7-9-18(10-8-16)21(4,5)6/h7-10,17H,11-15H2,1-6H3. The molecule has 1 nitrogen and oxygen atoms in total. The maximum atomic E-state index is 2.63. The van der Waals surface area contributed by atoms with Gasteiger partial charge in [-0.05, 0) is 42.8 Å². The van der Waals surface area contributed by atoms with Gasteiger partial charge in [0, 0.05) is 6.54 Å². The minimum atomic E-state index is -1.15. The second-order valence-electron chi connectivity index (χ2n) is 8.86. The molecule has 21 heavy (non-hydrogen) atoms. The first kappa shape index (κ1) is 16.8. The fraction of sp³-hybridized carbons (Fsp3) is 0.684. The van der Waals surface area contributed by atoms with Crippen molar-refractivity contribution < 1.29 is 0 Å². The molecule has 0 unspecified atom stereocenters. The van der Waals surface area contributed by atoms with E-state index in [1.165, 1.54) is 31.5 Å². The molecular weight excluding hydrogens is 270 g/mol. The van der Waals surface area contributed by atoms with Crippen LogP contribution in [-0.2, 0) is 6.54 Å². The zero-order chi connectivity index (χ0) is 15.7. The summed E-state index contributed by atoms with van der Waals surface area (Å²) in [7, 11) is -1.15. The van der Waals surface area contributed by atoms with Crippen molar-refractivity contribution in [1.82, 2.24) is 4.90 Å². The fourth-order valence-electron chi connectivity index (χ4n) is 3.33. The number of piperidine rings is 1. The van der Waals surface area contributed by atoms with Crippen LogP contribution in [0.2, 0.25) is 19.6 Å². The Bertz CT molecular complexity index is 442. The van der Waals surface area contributed by atoms with E-state index in [1.54, 1.807) is 5.19 Å². The van der Waals surface area contributed by atoms with E-state index in [0.29, 0.717) is 5.41 Å². The molecule has 0 atom stereocenters. The minimum Gasteiger partial charge on any atom is -0.299 e. The molecule has 1 fully saturated rings. The number of hydrogen-bond donors (Lipinski definition) is 0. The van der Waals surface area contributed by atoms with Gasteiger partial charge in [-0.2, -0.15) is 0 Å². The lowest BCUT2D eigenvalue weighted by atomic mass is 9.75. The molecule has 0 radical (unpaired) electrons. The van der Waals surface area contributed by atoms with Crippen LogP contribution in [0, 0.1) is 11.3 Å². The Balaban J connectivity index is 1.89. The molecule has 118 valence electrons. The van der Waals surface area contributed by atoms with Crippen LogP contribution in [-0.4, -0.2) is 26.1 Å². The van der Waals surface area contributed by atoms with Crippen molar-refractivity contribution in [3.63, 3.8) is 0 Å². The summed E-state index contributed by atoms with van der Waals surface area (Å²) in [5, 5.41) is 1.57. The summed E-state index contributed by atoms with van der Waals surface area (Å²) < 4.78 is 0. The van der Waals surface area contributed by atoms with Gasteiger partial charge in [0.25, 0.3) is 0 Å². The lowest BCUT2D eigenvalue weighted by Gasteiger charge is -2.38. The van der Waals surface area contributed by atoms with Crippen LogP contribution in [0.25, 0.3) is 0 Å². The van der Waals surface area contributed by atoms with Crippen LogP contribution in [0.15, 0.2) is 24.3 Å². The van der Waals surface area contributed by atoms with Crippen molar-refractivity contribution in [1.29, 1.82) is 0 Å². The molecule has 0 bridgehead atoms. The minimum absolute atomic E-state index is 0.477. The van der Waals surface area contributed by atoms with E-state index in [0.717, 1.165) is 12.5 Å². The normalized spacial score (nSPS) is 19.0. The van der Waals surface area contributed by atoms with Gasteiger partial charge in [0.2, 0.25) is 0 Å². The maximum absolute atomic E-state index is 2.63. The summed E-state index contributed by atoms with van der Waals surface area (Å²) >= 11 is 0. The third-order valence-electron chi connectivity index (χ3n) is 5.04. The van der Waals surface area contributed by atoms with Gasteiger partial charge in [-0.3, -0.25) is 4.90 Å². The van der Waals surface area contributed by atoms with Crippen LogP contribution >= 0.6 is 0 Å². The van der Waals surface area contributed by atoms with Crippen LogP contribution in [0.5, 0.6) is 0 Å². The van der Waals surface area contributed by atoms with Gasteiger partial charge in [0.1, 0.15) is 0 Å². The summed E-state index contributed by atoms with van der Waals surface area (Å²) in [5.74, 6) is 0.892. The Kier molecular flexibility index (Phi) is 4.99. The summed E-state index contributed by atoms with van der Waals surface area (Å²) in [6.07, 6.45) is 2.72. The van der Waals surface area contributed by atoms with Gasteiger partial charge < -0.3 is 0 Å². The summed E-state index contributed by atoms with van der Waals surface area (Å²) in [5.41, 5.74) is 1.96. The number of rotatable bonds is 3. The Morgan fingerprint density at radius 1 is 1.00 bits per heavy atom. The SMILES string of the molecule is CC(C)(C)C1CCN(Cc2ccc([Si](C)(C)C)cc2)CC1. The molecule has 0 aliphatic carbocycles. The van der Waals surface area contributed by atoms with Gasteiger partial charge in [-0.15, -0.1) is 0 Å². The van der Waals surface area contributed by atoms with Crippen LogP contribution in [0.3, 0.4) is 0 Å². The van der Waals surface area contributed by atoms with E-state index in [9.17, 15) is 0 Å². The van der Waals surface area contributed by atoms with Crippen LogP contribution < -0.4 is 5.19 Å². The highest BCUT2D eigenvalue weighted by Gasteiger charge is 2.28. The van der Waals surface area contributed by atoms with Crippen molar-refractivity contribution in [2.45, 2.75) is 59.8 Å². The zero-order valence-corrected chi connectivity index (χ0v) is 15.9. The van der Waals surface area contributed by atoms with Crippen molar-refractivity contribution in [2.75, 3.05) is 13.1 Å². The number of nitrogens with zero attached hydrogens (tertiary/aromatic N) is 1. The average molecular weight is 304 g/mol. The molecular formula is C19H33NSi. The topological polar surface area (TPSA) is 3.24 Å². The lowest BCUT2D eigenvalue weighted by molar-refractivity contribution is 0.108. The summed E-state index contributed by atoms with van der Waals surface area (Å²) in [6.45, 7) is 18.1. The Hall–Kier alpha value is -0.603. The molecule has 1 aliphatic rings. The molecule has 1 aliphatic heterocycles. The molecule has 2 heteroatoms. The average Bonchev–Trinajstić information content (AvgIpc) is 2.38. The predicted molar refractivity (Wildman–Crippen MR) is 96.9 cm³/mol. The van der Waals surface area contributed by atoms with Crippen molar-refractivity contribution in [2.24, 2.45) is 11.3 Å². The highest BCUT2D eigenvalue weighted by atomic mass is 28.3. The van der Waals surface area contributed by atoms with E-state index in [2.05, 4.69) is 69.6 Å². The first-order chi connectivity index (χ1) is 9.66. The Labute approximate surface area is 132 Å². The quantitative estimate of drug-likeness (QED) is 0.744. The highest BCUT2D eigenvalue weighted by Crippen LogP contribution is 2.34. The van der Waals surface area contributed by atoms with Gasteiger partial charge >= 0.3 is 0 Å². The largest absolute Gasteiger partial charge is 0.299 e. The molecule has 1 heterocycles. The molecule has 0 spiro atoms. The fourth-order valence-corrected chi connectivity index (χ4v) is 4.49.